The molecule has 26 heavy (non-hydrogen) atoms. The van der Waals surface area contributed by atoms with Crippen LogP contribution in [0.2, 0.25) is 0 Å². The fourth-order valence-corrected chi connectivity index (χ4v) is 2.81. The Labute approximate surface area is 148 Å². The van der Waals surface area contributed by atoms with Gasteiger partial charge in [0.15, 0.2) is 0 Å². The fourth-order valence-electron chi connectivity index (χ4n) is 2.81. The van der Waals surface area contributed by atoms with Crippen LogP contribution >= 0.6 is 0 Å². The van der Waals surface area contributed by atoms with Gasteiger partial charge in [-0.15, -0.1) is 0 Å². The summed E-state index contributed by atoms with van der Waals surface area (Å²) in [5.41, 5.74) is 4.35. The Bertz CT molecular complexity index is 1100. The molecule has 0 aliphatic carbocycles. The van der Waals surface area contributed by atoms with E-state index >= 15 is 0 Å². The normalized spacial score (nSPS) is 11.0. The number of halogens is 1. The van der Waals surface area contributed by atoms with Crippen LogP contribution in [0.3, 0.4) is 0 Å². The van der Waals surface area contributed by atoms with E-state index in [1.54, 1.807) is 24.4 Å². The van der Waals surface area contributed by atoms with Gasteiger partial charge in [0, 0.05) is 23.2 Å². The number of benzene rings is 1. The number of aryl methyl sites for hydroxylation is 1. The van der Waals surface area contributed by atoms with E-state index in [4.69, 9.17) is 0 Å². The van der Waals surface area contributed by atoms with Crippen molar-refractivity contribution in [2.24, 2.45) is 0 Å². The van der Waals surface area contributed by atoms with Crippen molar-refractivity contribution in [1.29, 1.82) is 0 Å². The molecule has 130 valence electrons. The second kappa shape index (κ2) is 6.44. The van der Waals surface area contributed by atoms with E-state index in [9.17, 15) is 9.18 Å². The molecule has 3 aromatic heterocycles. The van der Waals surface area contributed by atoms with Crippen molar-refractivity contribution in [3.63, 3.8) is 0 Å². The zero-order chi connectivity index (χ0) is 18.1. The van der Waals surface area contributed by atoms with Gasteiger partial charge >= 0.3 is 0 Å². The molecule has 4 rings (SSSR count). The molecular formula is C19H16FN5O. The summed E-state index contributed by atoms with van der Waals surface area (Å²) in [6.45, 7) is 2.17. The average molecular weight is 349 g/mol. The lowest BCUT2D eigenvalue weighted by molar-refractivity contribution is 0.0946. The molecule has 0 spiro atoms. The Morgan fingerprint density at radius 1 is 1.23 bits per heavy atom. The fraction of sp³-hybridized carbons (Fsp3) is 0.105. The van der Waals surface area contributed by atoms with E-state index in [1.165, 1.54) is 12.1 Å². The standard InChI is InChI=1S/C19H16FN5O/c1-11-15(10-22-25-11)16-6-5-13-8-17(24-18(13)23-16)19(26)21-9-12-3-2-4-14(20)7-12/h2-8,10H,9H2,1H3,(H,21,26)(H,22,25)(H,23,24). The van der Waals surface area contributed by atoms with Gasteiger partial charge in [0.05, 0.1) is 11.9 Å². The highest BCUT2D eigenvalue weighted by molar-refractivity contribution is 5.97. The van der Waals surface area contributed by atoms with Crippen LogP contribution in [0.15, 0.2) is 48.7 Å². The van der Waals surface area contributed by atoms with Crippen molar-refractivity contribution < 1.29 is 9.18 Å². The predicted octanol–water partition coefficient (Wildman–Crippen LogP) is 3.33. The number of H-pyrrole nitrogens is 2. The highest BCUT2D eigenvalue weighted by atomic mass is 19.1. The molecule has 4 aromatic rings. The Kier molecular flexibility index (Phi) is 3.96. The lowest BCUT2D eigenvalue weighted by Gasteiger charge is -2.03. The first kappa shape index (κ1) is 16.0. The summed E-state index contributed by atoms with van der Waals surface area (Å²) in [5.74, 6) is -0.595. The lowest BCUT2D eigenvalue weighted by Crippen LogP contribution is -2.23. The van der Waals surface area contributed by atoms with E-state index in [1.807, 2.05) is 19.1 Å². The largest absolute Gasteiger partial charge is 0.347 e. The number of aromatic nitrogens is 4. The number of hydrogen-bond donors (Lipinski definition) is 3. The molecule has 0 bridgehead atoms. The van der Waals surface area contributed by atoms with Gasteiger partial charge in [0.25, 0.3) is 5.91 Å². The first-order valence-corrected chi connectivity index (χ1v) is 8.13. The van der Waals surface area contributed by atoms with E-state index in [-0.39, 0.29) is 18.3 Å². The van der Waals surface area contributed by atoms with Crippen molar-refractivity contribution in [2.45, 2.75) is 13.5 Å². The first-order valence-electron chi connectivity index (χ1n) is 8.13. The molecule has 6 nitrogen and oxygen atoms in total. The summed E-state index contributed by atoms with van der Waals surface area (Å²) in [5, 5.41) is 10.5. The van der Waals surface area contributed by atoms with Gasteiger partial charge in [-0.2, -0.15) is 5.10 Å². The summed E-state index contributed by atoms with van der Waals surface area (Å²) in [7, 11) is 0. The number of nitrogens with zero attached hydrogens (tertiary/aromatic N) is 2. The van der Waals surface area contributed by atoms with Gasteiger partial charge in [-0.25, -0.2) is 9.37 Å². The number of rotatable bonds is 4. The van der Waals surface area contributed by atoms with Crippen LogP contribution in [0.1, 0.15) is 21.7 Å². The molecule has 7 heteroatoms. The quantitative estimate of drug-likeness (QED) is 0.528. The van der Waals surface area contributed by atoms with Gasteiger partial charge < -0.3 is 10.3 Å². The van der Waals surface area contributed by atoms with Crippen LogP contribution in [0.25, 0.3) is 22.3 Å². The van der Waals surface area contributed by atoms with E-state index in [2.05, 4.69) is 25.5 Å². The molecule has 0 atom stereocenters. The molecule has 0 saturated heterocycles. The monoisotopic (exact) mass is 349 g/mol. The topological polar surface area (TPSA) is 86.5 Å². The number of carbonyl (C=O) groups is 1. The van der Waals surface area contributed by atoms with Crippen molar-refractivity contribution >= 4 is 16.9 Å². The maximum Gasteiger partial charge on any atom is 0.268 e. The zero-order valence-corrected chi connectivity index (χ0v) is 14.0. The summed E-state index contributed by atoms with van der Waals surface area (Å²) in [4.78, 5) is 20.0. The molecule has 0 saturated carbocycles. The third-order valence-corrected chi connectivity index (χ3v) is 4.17. The van der Waals surface area contributed by atoms with E-state index in [0.29, 0.717) is 16.9 Å². The van der Waals surface area contributed by atoms with Gasteiger partial charge in [0.1, 0.15) is 17.2 Å². The average Bonchev–Trinajstić information content (AvgIpc) is 3.25. The van der Waals surface area contributed by atoms with Crippen molar-refractivity contribution in [1.82, 2.24) is 25.5 Å². The Morgan fingerprint density at radius 3 is 2.88 bits per heavy atom. The number of fused-ring (bicyclic) bond motifs is 1. The maximum absolute atomic E-state index is 13.2. The summed E-state index contributed by atoms with van der Waals surface area (Å²) < 4.78 is 13.2. The lowest BCUT2D eigenvalue weighted by atomic mass is 10.1. The highest BCUT2D eigenvalue weighted by Gasteiger charge is 2.12. The van der Waals surface area contributed by atoms with Crippen LogP contribution < -0.4 is 5.32 Å². The molecular weight excluding hydrogens is 333 g/mol. The number of hydrogen-bond acceptors (Lipinski definition) is 3. The van der Waals surface area contributed by atoms with Crippen LogP contribution in [0.4, 0.5) is 4.39 Å². The minimum atomic E-state index is -0.325. The number of aromatic amines is 2. The van der Waals surface area contributed by atoms with Crippen LogP contribution in [-0.4, -0.2) is 26.1 Å². The Hall–Kier alpha value is -3.48. The molecule has 0 fully saturated rings. The third-order valence-electron chi connectivity index (χ3n) is 4.17. The highest BCUT2D eigenvalue weighted by Crippen LogP contribution is 2.22. The van der Waals surface area contributed by atoms with Crippen LogP contribution in [0, 0.1) is 12.7 Å². The number of nitrogens with one attached hydrogen (secondary N) is 3. The second-order valence-corrected chi connectivity index (χ2v) is 6.04. The summed E-state index contributed by atoms with van der Waals surface area (Å²) in [6, 6.07) is 11.7. The maximum atomic E-state index is 13.2. The number of amides is 1. The second-order valence-electron chi connectivity index (χ2n) is 6.04. The Morgan fingerprint density at radius 2 is 2.12 bits per heavy atom. The molecule has 0 aliphatic heterocycles. The SMILES string of the molecule is Cc1[nH]ncc1-c1ccc2cc(C(=O)NCc3cccc(F)c3)[nH]c2n1. The van der Waals surface area contributed by atoms with E-state index in [0.717, 1.165) is 22.3 Å². The van der Waals surface area contributed by atoms with E-state index < -0.39 is 0 Å². The molecule has 0 aliphatic rings. The minimum Gasteiger partial charge on any atom is -0.347 e. The van der Waals surface area contributed by atoms with Gasteiger partial charge in [0.2, 0.25) is 0 Å². The molecule has 3 heterocycles. The summed E-state index contributed by atoms with van der Waals surface area (Å²) >= 11 is 0. The smallest absolute Gasteiger partial charge is 0.268 e. The van der Waals surface area contributed by atoms with Crippen LogP contribution in [0.5, 0.6) is 0 Å². The van der Waals surface area contributed by atoms with Gasteiger partial charge in [-0.3, -0.25) is 9.89 Å². The Balaban J connectivity index is 1.55. The zero-order valence-electron chi connectivity index (χ0n) is 14.0. The molecule has 3 N–H and O–H groups in total. The summed E-state index contributed by atoms with van der Waals surface area (Å²) in [6.07, 6.45) is 1.72. The van der Waals surface area contributed by atoms with Gasteiger partial charge in [-0.05, 0) is 42.8 Å². The third kappa shape index (κ3) is 3.06. The van der Waals surface area contributed by atoms with Gasteiger partial charge in [-0.1, -0.05) is 12.1 Å². The predicted molar refractivity (Wildman–Crippen MR) is 96.0 cm³/mol. The first-order chi connectivity index (χ1) is 12.6. The molecule has 1 amide bonds. The number of carbonyl (C=O) groups excluding carboxylic acids is 1. The van der Waals surface area contributed by atoms with Crippen LogP contribution in [-0.2, 0) is 6.54 Å². The molecule has 0 radical (unpaired) electrons. The van der Waals surface area contributed by atoms with Crippen molar-refractivity contribution in [3.05, 3.63) is 71.4 Å². The minimum absolute atomic E-state index is 0.249. The van der Waals surface area contributed by atoms with Crippen molar-refractivity contribution in [2.75, 3.05) is 0 Å². The number of pyridine rings is 1. The molecule has 0 unspecified atom stereocenters. The molecule has 1 aromatic carbocycles. The van der Waals surface area contributed by atoms with Crippen molar-refractivity contribution in [3.8, 4) is 11.3 Å².